The van der Waals surface area contributed by atoms with Crippen LogP contribution in [0.5, 0.6) is 5.75 Å². The summed E-state index contributed by atoms with van der Waals surface area (Å²) >= 11 is 5.88. The number of rotatable bonds is 6. The number of nitrogens with one attached hydrogen (secondary N) is 1. The van der Waals surface area contributed by atoms with Gasteiger partial charge in [0.15, 0.2) is 6.61 Å². The third-order valence-corrected chi connectivity index (χ3v) is 5.11. The van der Waals surface area contributed by atoms with Gasteiger partial charge in [-0.05, 0) is 43.2 Å². The number of benzene rings is 1. The lowest BCUT2D eigenvalue weighted by Crippen LogP contribution is -2.43. The fraction of sp³-hybridized carbons (Fsp3) is 0.333. The topological polar surface area (TPSA) is 99.4 Å². The summed E-state index contributed by atoms with van der Waals surface area (Å²) in [4.78, 5) is 15.6. The van der Waals surface area contributed by atoms with Gasteiger partial charge in [0.2, 0.25) is 11.8 Å². The molecule has 33 heavy (non-hydrogen) atoms. The number of carbonyl (C=O) groups excluding carboxylic acids is 1. The highest BCUT2D eigenvalue weighted by molar-refractivity contribution is 6.30. The highest BCUT2D eigenvalue weighted by atomic mass is 35.5. The highest BCUT2D eigenvalue weighted by Crippen LogP contribution is 2.31. The van der Waals surface area contributed by atoms with Crippen LogP contribution in [-0.4, -0.2) is 40.3 Å². The maximum absolute atomic E-state index is 12.7. The third-order valence-electron chi connectivity index (χ3n) is 4.86. The molecule has 0 radical (unpaired) electrons. The molecule has 8 nitrogen and oxygen atoms in total. The van der Waals surface area contributed by atoms with E-state index >= 15 is 0 Å². The SMILES string of the molecule is O=C(COc1cncc(C(F)(F)F)c1)N[C@H]1CC[C@@H](c2nnc(-c3ccc(Cl)cc3)o2)OC1. The number of halogens is 4. The summed E-state index contributed by atoms with van der Waals surface area (Å²) < 4.78 is 54.8. The van der Waals surface area contributed by atoms with Crippen LogP contribution in [0, 0.1) is 0 Å². The molecule has 1 fully saturated rings. The van der Waals surface area contributed by atoms with Gasteiger partial charge in [0.05, 0.1) is 24.4 Å². The van der Waals surface area contributed by atoms with Gasteiger partial charge >= 0.3 is 6.18 Å². The van der Waals surface area contributed by atoms with Gasteiger partial charge in [0, 0.05) is 16.8 Å². The molecule has 1 N–H and O–H groups in total. The Morgan fingerprint density at radius 2 is 1.97 bits per heavy atom. The second-order valence-electron chi connectivity index (χ2n) is 7.31. The number of alkyl halides is 3. The average Bonchev–Trinajstić information content (AvgIpc) is 3.29. The molecule has 2 atom stereocenters. The summed E-state index contributed by atoms with van der Waals surface area (Å²) in [6.45, 7) is -0.239. The minimum Gasteiger partial charge on any atom is -0.482 e. The largest absolute Gasteiger partial charge is 0.482 e. The van der Waals surface area contributed by atoms with Crippen molar-refractivity contribution in [2.24, 2.45) is 0 Å². The van der Waals surface area contributed by atoms with Crippen LogP contribution >= 0.6 is 11.6 Å². The fourth-order valence-corrected chi connectivity index (χ4v) is 3.33. The van der Waals surface area contributed by atoms with E-state index in [4.69, 9.17) is 25.5 Å². The monoisotopic (exact) mass is 482 g/mol. The molecular weight excluding hydrogens is 465 g/mol. The van der Waals surface area contributed by atoms with Crippen LogP contribution in [0.3, 0.4) is 0 Å². The number of pyridine rings is 1. The highest BCUT2D eigenvalue weighted by Gasteiger charge is 2.31. The second kappa shape index (κ2) is 9.75. The molecule has 3 heterocycles. The van der Waals surface area contributed by atoms with Gasteiger partial charge in [-0.15, -0.1) is 10.2 Å². The van der Waals surface area contributed by atoms with Crippen LogP contribution < -0.4 is 10.1 Å². The number of aromatic nitrogens is 3. The number of hydrogen-bond donors (Lipinski definition) is 1. The van der Waals surface area contributed by atoms with Gasteiger partial charge in [0.25, 0.3) is 5.91 Å². The second-order valence-corrected chi connectivity index (χ2v) is 7.75. The Balaban J connectivity index is 1.24. The quantitative estimate of drug-likeness (QED) is 0.561. The molecule has 1 aliphatic rings. The molecule has 1 amide bonds. The fourth-order valence-electron chi connectivity index (χ4n) is 3.20. The lowest BCUT2D eigenvalue weighted by molar-refractivity contribution is -0.137. The summed E-state index contributed by atoms with van der Waals surface area (Å²) in [5.41, 5.74) is -0.220. The first-order chi connectivity index (χ1) is 15.8. The Morgan fingerprint density at radius 1 is 1.18 bits per heavy atom. The van der Waals surface area contributed by atoms with Gasteiger partial charge < -0.3 is 19.2 Å². The van der Waals surface area contributed by atoms with Crippen molar-refractivity contribution in [2.75, 3.05) is 13.2 Å². The van der Waals surface area contributed by atoms with Crippen molar-refractivity contribution < 1.29 is 31.9 Å². The van der Waals surface area contributed by atoms with Crippen LogP contribution in [0.2, 0.25) is 5.02 Å². The van der Waals surface area contributed by atoms with Crippen molar-refractivity contribution in [1.29, 1.82) is 0 Å². The molecular formula is C21H18ClF3N4O4. The zero-order chi connectivity index (χ0) is 23.4. The lowest BCUT2D eigenvalue weighted by atomic mass is 10.0. The maximum atomic E-state index is 12.7. The molecule has 0 saturated carbocycles. The molecule has 12 heteroatoms. The molecule has 174 valence electrons. The minimum atomic E-state index is -4.54. The zero-order valence-electron chi connectivity index (χ0n) is 17.0. The van der Waals surface area contributed by atoms with Crippen LogP contribution in [0.15, 0.2) is 47.1 Å². The summed E-state index contributed by atoms with van der Waals surface area (Å²) in [5.74, 6) is 0.0575. The average molecular weight is 483 g/mol. The summed E-state index contributed by atoms with van der Waals surface area (Å²) in [6, 6.07) is 7.48. The van der Waals surface area contributed by atoms with Crippen LogP contribution in [0.4, 0.5) is 13.2 Å². The van der Waals surface area contributed by atoms with Gasteiger partial charge in [-0.3, -0.25) is 9.78 Å². The van der Waals surface area contributed by atoms with E-state index in [2.05, 4.69) is 20.5 Å². The van der Waals surface area contributed by atoms with E-state index in [1.165, 1.54) is 0 Å². The minimum absolute atomic E-state index is 0.146. The van der Waals surface area contributed by atoms with E-state index in [0.29, 0.717) is 35.8 Å². The van der Waals surface area contributed by atoms with Crippen molar-refractivity contribution in [3.63, 3.8) is 0 Å². The van der Waals surface area contributed by atoms with E-state index in [9.17, 15) is 18.0 Å². The van der Waals surface area contributed by atoms with E-state index in [1.54, 1.807) is 24.3 Å². The summed E-state index contributed by atoms with van der Waals surface area (Å²) in [6.07, 6.45) is -2.03. The number of ether oxygens (including phenoxy) is 2. The third kappa shape index (κ3) is 5.99. The van der Waals surface area contributed by atoms with E-state index in [-0.39, 0.29) is 18.4 Å². The van der Waals surface area contributed by atoms with Gasteiger partial charge in [-0.1, -0.05) is 11.6 Å². The number of nitrogens with zero attached hydrogens (tertiary/aromatic N) is 3. The van der Waals surface area contributed by atoms with Crippen molar-refractivity contribution in [3.05, 3.63) is 59.2 Å². The normalized spacial score (nSPS) is 18.7. The van der Waals surface area contributed by atoms with E-state index in [1.807, 2.05) is 0 Å². The summed E-state index contributed by atoms with van der Waals surface area (Å²) in [5, 5.41) is 11.4. The van der Waals surface area contributed by atoms with E-state index in [0.717, 1.165) is 17.8 Å². The van der Waals surface area contributed by atoms with Crippen molar-refractivity contribution in [1.82, 2.24) is 20.5 Å². The Bertz CT molecular complexity index is 1100. The number of carbonyl (C=O) groups is 1. The molecule has 2 aromatic heterocycles. The molecule has 4 rings (SSSR count). The first-order valence-corrected chi connectivity index (χ1v) is 10.3. The molecule has 0 spiro atoms. The molecule has 1 aromatic carbocycles. The summed E-state index contributed by atoms with van der Waals surface area (Å²) in [7, 11) is 0. The number of hydrogen-bond acceptors (Lipinski definition) is 7. The standard InChI is InChI=1S/C21H18ClF3N4O4/c22-14-3-1-12(2-4-14)19-28-29-20(33-19)17-6-5-15(10-32-17)27-18(30)11-31-16-7-13(8-26-9-16)21(23,24)25/h1-4,7-9,15,17H,5-6,10-11H2,(H,27,30)/t15-,17-/m0/s1. The maximum Gasteiger partial charge on any atom is 0.418 e. The predicted octanol–water partition coefficient (Wildman–Crippen LogP) is 4.22. The van der Waals surface area contributed by atoms with Crippen LogP contribution in [-0.2, 0) is 15.7 Å². The van der Waals surface area contributed by atoms with Gasteiger partial charge in [-0.2, -0.15) is 13.2 Å². The molecule has 0 aliphatic carbocycles. The Hall–Kier alpha value is -3.18. The molecule has 0 unspecified atom stereocenters. The zero-order valence-corrected chi connectivity index (χ0v) is 17.8. The molecule has 0 bridgehead atoms. The van der Waals surface area contributed by atoms with E-state index < -0.39 is 30.4 Å². The predicted molar refractivity (Wildman–Crippen MR) is 109 cm³/mol. The first-order valence-electron chi connectivity index (χ1n) is 9.93. The van der Waals surface area contributed by atoms with Crippen molar-refractivity contribution >= 4 is 17.5 Å². The molecule has 1 aliphatic heterocycles. The number of amides is 1. The van der Waals surface area contributed by atoms with Crippen molar-refractivity contribution in [3.8, 4) is 17.2 Å². The van der Waals surface area contributed by atoms with Crippen LogP contribution in [0.1, 0.15) is 30.4 Å². The Morgan fingerprint density at radius 3 is 2.67 bits per heavy atom. The van der Waals surface area contributed by atoms with Crippen molar-refractivity contribution in [2.45, 2.75) is 31.2 Å². The van der Waals surface area contributed by atoms with Gasteiger partial charge in [-0.25, -0.2) is 0 Å². The Kier molecular flexibility index (Phi) is 6.80. The molecule has 3 aromatic rings. The smallest absolute Gasteiger partial charge is 0.418 e. The van der Waals surface area contributed by atoms with Gasteiger partial charge in [0.1, 0.15) is 11.9 Å². The van der Waals surface area contributed by atoms with Crippen LogP contribution in [0.25, 0.3) is 11.5 Å². The Labute approximate surface area is 191 Å². The lowest BCUT2D eigenvalue weighted by Gasteiger charge is -2.27. The molecule has 1 saturated heterocycles. The first kappa shape index (κ1) is 23.0.